The number of hydrogen-bond acceptors (Lipinski definition) is 4. The van der Waals surface area contributed by atoms with Crippen molar-refractivity contribution in [2.45, 2.75) is 13.5 Å². The topological polar surface area (TPSA) is 80.0 Å². The van der Waals surface area contributed by atoms with E-state index in [1.807, 2.05) is 14.0 Å². The van der Waals surface area contributed by atoms with Gasteiger partial charge >= 0.3 is 5.97 Å². The van der Waals surface area contributed by atoms with Crippen LogP contribution in [0.5, 0.6) is 0 Å². The first-order valence-electron chi connectivity index (χ1n) is 5.48. The molecule has 2 rings (SSSR count). The number of carboxylic acids is 1. The summed E-state index contributed by atoms with van der Waals surface area (Å²) in [5.41, 5.74) is 2.34. The fourth-order valence-electron chi connectivity index (χ4n) is 1.56. The first kappa shape index (κ1) is 12.1. The van der Waals surface area contributed by atoms with E-state index in [1.54, 1.807) is 10.9 Å². The van der Waals surface area contributed by atoms with E-state index in [0.29, 0.717) is 12.4 Å². The summed E-state index contributed by atoms with van der Waals surface area (Å²) in [5.74, 6) is -0.420. The Hall–Kier alpha value is -2.37. The van der Waals surface area contributed by atoms with Gasteiger partial charge in [0, 0.05) is 31.0 Å². The fraction of sp³-hybridized carbons (Fsp3) is 0.250. The quantitative estimate of drug-likeness (QED) is 0.853. The minimum absolute atomic E-state index is 0.218. The maximum atomic E-state index is 10.8. The van der Waals surface area contributed by atoms with Crippen LogP contribution in [0.15, 0.2) is 24.5 Å². The van der Waals surface area contributed by atoms with E-state index in [2.05, 4.69) is 15.4 Å². The molecular weight excluding hydrogens is 232 g/mol. The zero-order valence-electron chi connectivity index (χ0n) is 10.2. The first-order chi connectivity index (χ1) is 8.58. The Balaban J connectivity index is 2.08. The third-order valence-electron chi connectivity index (χ3n) is 2.80. The van der Waals surface area contributed by atoms with Gasteiger partial charge in [0.15, 0.2) is 0 Å². The molecule has 0 radical (unpaired) electrons. The number of aryl methyl sites for hydroxylation is 1. The van der Waals surface area contributed by atoms with E-state index in [-0.39, 0.29) is 5.56 Å². The van der Waals surface area contributed by atoms with Gasteiger partial charge in [-0.25, -0.2) is 9.78 Å². The van der Waals surface area contributed by atoms with E-state index in [1.165, 1.54) is 18.3 Å². The lowest BCUT2D eigenvalue weighted by Gasteiger charge is -2.05. The van der Waals surface area contributed by atoms with Gasteiger partial charge in [0.2, 0.25) is 0 Å². The highest BCUT2D eigenvalue weighted by atomic mass is 16.4. The third kappa shape index (κ3) is 2.48. The van der Waals surface area contributed by atoms with E-state index in [4.69, 9.17) is 5.11 Å². The van der Waals surface area contributed by atoms with Crippen molar-refractivity contribution in [1.29, 1.82) is 0 Å². The summed E-state index contributed by atoms with van der Waals surface area (Å²) in [5, 5.41) is 16.1. The monoisotopic (exact) mass is 246 g/mol. The fourth-order valence-corrected chi connectivity index (χ4v) is 1.56. The van der Waals surface area contributed by atoms with Crippen LogP contribution in [0.1, 0.15) is 21.6 Å². The van der Waals surface area contributed by atoms with Gasteiger partial charge in [-0.05, 0) is 19.1 Å². The predicted octanol–water partition coefficient (Wildman–Crippen LogP) is 1.43. The Labute approximate surface area is 104 Å². The van der Waals surface area contributed by atoms with Crippen LogP contribution in [0.2, 0.25) is 0 Å². The van der Waals surface area contributed by atoms with Crippen molar-refractivity contribution in [3.05, 3.63) is 41.3 Å². The van der Waals surface area contributed by atoms with Crippen LogP contribution in [-0.2, 0) is 13.6 Å². The second-order valence-electron chi connectivity index (χ2n) is 3.97. The third-order valence-corrected chi connectivity index (χ3v) is 2.80. The van der Waals surface area contributed by atoms with Crippen LogP contribution in [0.4, 0.5) is 5.82 Å². The number of nitrogens with one attached hydrogen (secondary N) is 1. The van der Waals surface area contributed by atoms with Crippen LogP contribution in [-0.4, -0.2) is 25.8 Å². The molecule has 0 aliphatic rings. The molecule has 0 unspecified atom stereocenters. The number of anilines is 1. The van der Waals surface area contributed by atoms with Crippen molar-refractivity contribution < 1.29 is 9.90 Å². The number of carbonyl (C=O) groups is 1. The zero-order chi connectivity index (χ0) is 13.1. The lowest BCUT2D eigenvalue weighted by atomic mass is 10.2. The van der Waals surface area contributed by atoms with E-state index >= 15 is 0 Å². The van der Waals surface area contributed by atoms with E-state index in [9.17, 15) is 4.79 Å². The van der Waals surface area contributed by atoms with Crippen LogP contribution < -0.4 is 5.32 Å². The van der Waals surface area contributed by atoms with Gasteiger partial charge in [0.25, 0.3) is 0 Å². The highest BCUT2D eigenvalue weighted by Gasteiger charge is 2.06. The molecule has 0 saturated carbocycles. The summed E-state index contributed by atoms with van der Waals surface area (Å²) in [6, 6.07) is 2.97. The molecule has 0 aliphatic heterocycles. The molecule has 0 spiro atoms. The standard InChI is InChI=1S/C12H14N4O2/c1-8-10(7-15-16(8)2)6-14-11-5-9(12(17)18)3-4-13-11/h3-5,7H,6H2,1-2H3,(H,13,14)(H,17,18). The summed E-state index contributed by atoms with van der Waals surface area (Å²) in [6.07, 6.45) is 3.26. The molecule has 0 saturated heterocycles. The molecule has 2 N–H and O–H groups in total. The molecule has 0 aliphatic carbocycles. The minimum Gasteiger partial charge on any atom is -0.478 e. The molecule has 2 heterocycles. The van der Waals surface area contributed by atoms with E-state index < -0.39 is 5.97 Å². The predicted molar refractivity (Wildman–Crippen MR) is 66.5 cm³/mol. The molecule has 94 valence electrons. The molecule has 0 bridgehead atoms. The van der Waals surface area contributed by atoms with E-state index in [0.717, 1.165) is 11.3 Å². The van der Waals surface area contributed by atoms with Crippen molar-refractivity contribution in [3.8, 4) is 0 Å². The second-order valence-corrected chi connectivity index (χ2v) is 3.97. The summed E-state index contributed by atoms with van der Waals surface area (Å²) in [7, 11) is 1.88. The highest BCUT2D eigenvalue weighted by Crippen LogP contribution is 2.11. The molecule has 0 amide bonds. The number of nitrogens with zero attached hydrogens (tertiary/aromatic N) is 3. The Morgan fingerprint density at radius 2 is 2.33 bits per heavy atom. The second kappa shape index (κ2) is 4.87. The van der Waals surface area contributed by atoms with Gasteiger partial charge in [-0.3, -0.25) is 4.68 Å². The van der Waals surface area contributed by atoms with Gasteiger partial charge in [-0.1, -0.05) is 0 Å². The molecule has 0 aromatic carbocycles. The molecule has 0 fully saturated rings. The number of aromatic carboxylic acids is 1. The SMILES string of the molecule is Cc1c(CNc2cc(C(=O)O)ccn2)cnn1C. The molecule has 6 nitrogen and oxygen atoms in total. The van der Waals surface area contributed by atoms with Gasteiger partial charge in [-0.15, -0.1) is 0 Å². The number of carboxylic acid groups (broad SMARTS) is 1. The Morgan fingerprint density at radius 1 is 1.56 bits per heavy atom. The van der Waals surface area contributed by atoms with Gasteiger partial charge < -0.3 is 10.4 Å². The van der Waals surface area contributed by atoms with Crippen molar-refractivity contribution in [2.24, 2.45) is 7.05 Å². The van der Waals surface area contributed by atoms with Gasteiger partial charge in [0.05, 0.1) is 11.8 Å². The summed E-state index contributed by atoms with van der Waals surface area (Å²) < 4.78 is 1.79. The molecule has 2 aromatic heterocycles. The maximum absolute atomic E-state index is 10.8. The first-order valence-corrected chi connectivity index (χ1v) is 5.48. The van der Waals surface area contributed by atoms with Crippen molar-refractivity contribution in [2.75, 3.05) is 5.32 Å². The molecular formula is C12H14N4O2. The van der Waals surface area contributed by atoms with Crippen molar-refractivity contribution in [1.82, 2.24) is 14.8 Å². The Bertz CT molecular complexity index is 577. The smallest absolute Gasteiger partial charge is 0.335 e. The average Bonchev–Trinajstić information content (AvgIpc) is 2.68. The van der Waals surface area contributed by atoms with Crippen molar-refractivity contribution >= 4 is 11.8 Å². The summed E-state index contributed by atoms with van der Waals surface area (Å²) >= 11 is 0. The Kier molecular flexibility index (Phi) is 3.27. The number of rotatable bonds is 4. The number of pyridine rings is 1. The average molecular weight is 246 g/mol. The van der Waals surface area contributed by atoms with Crippen LogP contribution in [0, 0.1) is 6.92 Å². The van der Waals surface area contributed by atoms with Gasteiger partial charge in [-0.2, -0.15) is 5.10 Å². The summed E-state index contributed by atoms with van der Waals surface area (Å²) in [6.45, 7) is 2.54. The summed E-state index contributed by atoms with van der Waals surface area (Å²) in [4.78, 5) is 14.9. The molecule has 6 heteroatoms. The highest BCUT2D eigenvalue weighted by molar-refractivity contribution is 5.88. The number of hydrogen-bond donors (Lipinski definition) is 2. The van der Waals surface area contributed by atoms with Crippen LogP contribution >= 0.6 is 0 Å². The normalized spacial score (nSPS) is 10.3. The molecule has 2 aromatic rings. The van der Waals surface area contributed by atoms with Crippen LogP contribution in [0.25, 0.3) is 0 Å². The number of aromatic nitrogens is 3. The molecule has 0 atom stereocenters. The largest absolute Gasteiger partial charge is 0.478 e. The maximum Gasteiger partial charge on any atom is 0.335 e. The van der Waals surface area contributed by atoms with Crippen LogP contribution in [0.3, 0.4) is 0 Å². The molecule has 18 heavy (non-hydrogen) atoms. The minimum atomic E-state index is -0.960. The lowest BCUT2D eigenvalue weighted by Crippen LogP contribution is -2.04. The van der Waals surface area contributed by atoms with Gasteiger partial charge in [0.1, 0.15) is 5.82 Å². The van der Waals surface area contributed by atoms with Crippen molar-refractivity contribution in [3.63, 3.8) is 0 Å². The zero-order valence-corrected chi connectivity index (χ0v) is 10.2. The Morgan fingerprint density at radius 3 is 2.94 bits per heavy atom. The lowest BCUT2D eigenvalue weighted by molar-refractivity contribution is 0.0697.